The van der Waals surface area contributed by atoms with Gasteiger partial charge in [0.1, 0.15) is 17.3 Å². The number of nitrogens with zero attached hydrogens (tertiary/aromatic N) is 6. The van der Waals surface area contributed by atoms with Crippen LogP contribution in [0.5, 0.6) is 0 Å². The second-order valence-electron chi connectivity index (χ2n) is 5.63. The van der Waals surface area contributed by atoms with E-state index in [1.165, 1.54) is 25.7 Å². The molecule has 0 aromatic carbocycles. The van der Waals surface area contributed by atoms with Gasteiger partial charge >= 0.3 is 0 Å². The highest BCUT2D eigenvalue weighted by molar-refractivity contribution is 6.30. The van der Waals surface area contributed by atoms with E-state index < -0.39 is 0 Å². The average Bonchev–Trinajstić information content (AvgIpc) is 3.08. The molecule has 1 fully saturated rings. The molecule has 7 heteroatoms. The predicted octanol–water partition coefficient (Wildman–Crippen LogP) is 2.01. The number of anilines is 1. The van der Waals surface area contributed by atoms with Crippen molar-refractivity contribution in [2.75, 3.05) is 31.6 Å². The minimum absolute atomic E-state index is 0.496. The van der Waals surface area contributed by atoms with Crippen molar-refractivity contribution in [2.24, 2.45) is 0 Å². The van der Waals surface area contributed by atoms with Crippen LogP contribution in [-0.2, 0) is 0 Å². The maximum absolute atomic E-state index is 6.24. The number of rotatable bonds is 4. The van der Waals surface area contributed by atoms with Gasteiger partial charge in [-0.25, -0.2) is 0 Å². The van der Waals surface area contributed by atoms with Gasteiger partial charge in [-0.3, -0.25) is 4.90 Å². The molecule has 0 aliphatic carbocycles. The maximum Gasteiger partial charge on any atom is 0.255 e. The zero-order chi connectivity index (χ0) is 15.0. The average molecular weight is 309 g/mol. The second kappa shape index (κ2) is 5.77. The van der Waals surface area contributed by atoms with Gasteiger partial charge in [0.2, 0.25) is 0 Å². The van der Waals surface area contributed by atoms with Crippen molar-refractivity contribution in [3.8, 4) is 0 Å². The van der Waals surface area contributed by atoms with Crippen molar-refractivity contribution in [3.05, 3.63) is 17.0 Å². The van der Waals surface area contributed by atoms with Gasteiger partial charge in [0.05, 0.1) is 0 Å². The van der Waals surface area contributed by atoms with Crippen molar-refractivity contribution in [3.63, 3.8) is 0 Å². The van der Waals surface area contributed by atoms with Crippen LogP contribution in [0.25, 0.3) is 5.78 Å². The Kier molecular flexibility index (Phi) is 3.99. The van der Waals surface area contributed by atoms with E-state index in [0.29, 0.717) is 17.0 Å². The van der Waals surface area contributed by atoms with E-state index in [2.05, 4.69) is 38.8 Å². The van der Waals surface area contributed by atoms with Crippen LogP contribution in [0, 0.1) is 6.92 Å². The molecule has 2 aromatic rings. The van der Waals surface area contributed by atoms with E-state index in [1.54, 1.807) is 4.52 Å². The lowest BCUT2D eigenvalue weighted by Gasteiger charge is -2.29. The Labute approximate surface area is 129 Å². The molecule has 114 valence electrons. The molecule has 1 unspecified atom stereocenters. The fraction of sp³-hybridized carbons (Fsp3) is 0.643. The van der Waals surface area contributed by atoms with Gasteiger partial charge < -0.3 is 4.90 Å². The Hall–Kier alpha value is -1.40. The van der Waals surface area contributed by atoms with Gasteiger partial charge in [0, 0.05) is 25.2 Å². The Morgan fingerprint density at radius 2 is 2.29 bits per heavy atom. The predicted molar refractivity (Wildman–Crippen MR) is 84.1 cm³/mol. The highest BCUT2D eigenvalue weighted by atomic mass is 35.5. The molecule has 0 amide bonds. The molecule has 0 N–H and O–H groups in total. The molecule has 3 heterocycles. The highest BCUT2D eigenvalue weighted by Gasteiger charge is 2.26. The summed E-state index contributed by atoms with van der Waals surface area (Å²) in [6, 6.07) is 0.588. The third kappa shape index (κ3) is 2.58. The van der Waals surface area contributed by atoms with Gasteiger partial charge in [0.15, 0.2) is 0 Å². The molecule has 1 aliphatic rings. The quantitative estimate of drug-likeness (QED) is 0.809. The molecule has 21 heavy (non-hydrogen) atoms. The Balaban J connectivity index is 1.92. The van der Waals surface area contributed by atoms with Gasteiger partial charge in [-0.1, -0.05) is 18.5 Å². The standard InChI is InChI=1S/C14H21ClN6/c1-4-20-7-5-6-11(20)8-19(3)13-10(2)12(15)18-14-16-9-17-21(13)14/h9,11H,4-8H2,1-3H3. The first kappa shape index (κ1) is 14.5. The van der Waals surface area contributed by atoms with Crippen molar-refractivity contribution in [1.29, 1.82) is 0 Å². The summed E-state index contributed by atoms with van der Waals surface area (Å²) in [6.45, 7) is 7.47. The fourth-order valence-electron chi connectivity index (χ4n) is 3.25. The zero-order valence-corrected chi connectivity index (χ0v) is 13.5. The van der Waals surface area contributed by atoms with Crippen LogP contribution in [0.1, 0.15) is 25.3 Å². The smallest absolute Gasteiger partial charge is 0.255 e. The van der Waals surface area contributed by atoms with Crippen LogP contribution < -0.4 is 4.90 Å². The van der Waals surface area contributed by atoms with Crippen LogP contribution >= 0.6 is 11.6 Å². The van der Waals surface area contributed by atoms with E-state index in [-0.39, 0.29) is 0 Å². The molecule has 0 spiro atoms. The first-order chi connectivity index (χ1) is 10.1. The lowest BCUT2D eigenvalue weighted by atomic mass is 10.2. The summed E-state index contributed by atoms with van der Waals surface area (Å²) in [6.07, 6.45) is 4.04. The number of aromatic nitrogens is 4. The van der Waals surface area contributed by atoms with Gasteiger partial charge in [-0.2, -0.15) is 19.6 Å². The van der Waals surface area contributed by atoms with E-state index in [1.807, 2.05) is 6.92 Å². The Bertz CT molecular complexity index is 640. The molecule has 6 nitrogen and oxygen atoms in total. The highest BCUT2D eigenvalue weighted by Crippen LogP contribution is 2.26. The molecule has 3 rings (SSSR count). The summed E-state index contributed by atoms with van der Waals surface area (Å²) >= 11 is 6.24. The summed E-state index contributed by atoms with van der Waals surface area (Å²) in [5.41, 5.74) is 0.943. The van der Waals surface area contributed by atoms with Crippen LogP contribution in [0.4, 0.5) is 5.82 Å². The Morgan fingerprint density at radius 1 is 1.48 bits per heavy atom. The zero-order valence-electron chi connectivity index (χ0n) is 12.8. The normalized spacial score (nSPS) is 19.5. The van der Waals surface area contributed by atoms with E-state index in [9.17, 15) is 0 Å². The molecule has 2 aromatic heterocycles. The third-order valence-electron chi connectivity index (χ3n) is 4.32. The van der Waals surface area contributed by atoms with Crippen LogP contribution in [0.15, 0.2) is 6.33 Å². The van der Waals surface area contributed by atoms with Crippen LogP contribution in [-0.4, -0.2) is 57.2 Å². The molecule has 0 radical (unpaired) electrons. The number of hydrogen-bond acceptors (Lipinski definition) is 5. The molecule has 1 saturated heterocycles. The number of likely N-dealkylation sites (N-methyl/N-ethyl adjacent to an activating group) is 2. The molecule has 0 bridgehead atoms. The summed E-state index contributed by atoms with van der Waals surface area (Å²) in [5, 5.41) is 4.78. The largest absolute Gasteiger partial charge is 0.358 e. The summed E-state index contributed by atoms with van der Waals surface area (Å²) in [4.78, 5) is 13.2. The van der Waals surface area contributed by atoms with Crippen LogP contribution in [0.3, 0.4) is 0 Å². The SMILES string of the molecule is CCN1CCCC1CN(C)c1c(C)c(Cl)nc2ncnn12. The lowest BCUT2D eigenvalue weighted by molar-refractivity contribution is 0.270. The molecule has 0 saturated carbocycles. The van der Waals surface area contributed by atoms with Gasteiger partial charge in [0.25, 0.3) is 5.78 Å². The number of fused-ring (bicyclic) bond motifs is 1. The van der Waals surface area contributed by atoms with E-state index in [4.69, 9.17) is 11.6 Å². The first-order valence-corrected chi connectivity index (χ1v) is 7.80. The number of likely N-dealkylation sites (tertiary alicyclic amines) is 1. The van der Waals surface area contributed by atoms with Crippen molar-refractivity contribution >= 4 is 23.2 Å². The fourth-order valence-corrected chi connectivity index (χ4v) is 3.41. The van der Waals surface area contributed by atoms with Crippen LogP contribution in [0.2, 0.25) is 5.15 Å². The minimum Gasteiger partial charge on any atom is -0.358 e. The van der Waals surface area contributed by atoms with E-state index in [0.717, 1.165) is 24.5 Å². The number of halogens is 1. The van der Waals surface area contributed by atoms with Crippen molar-refractivity contribution < 1.29 is 0 Å². The summed E-state index contributed by atoms with van der Waals surface area (Å²) in [7, 11) is 2.09. The first-order valence-electron chi connectivity index (χ1n) is 7.42. The van der Waals surface area contributed by atoms with Gasteiger partial charge in [-0.05, 0) is 32.9 Å². The minimum atomic E-state index is 0.496. The topological polar surface area (TPSA) is 49.6 Å². The molecular formula is C14H21ClN6. The van der Waals surface area contributed by atoms with E-state index >= 15 is 0 Å². The summed E-state index contributed by atoms with van der Waals surface area (Å²) < 4.78 is 1.77. The number of hydrogen-bond donors (Lipinski definition) is 0. The molecule has 1 atom stereocenters. The third-order valence-corrected chi connectivity index (χ3v) is 4.69. The molecular weight excluding hydrogens is 288 g/mol. The van der Waals surface area contributed by atoms with Crippen molar-refractivity contribution in [1.82, 2.24) is 24.5 Å². The maximum atomic E-state index is 6.24. The Morgan fingerprint density at radius 3 is 3.05 bits per heavy atom. The lowest BCUT2D eigenvalue weighted by Crippen LogP contribution is -2.39. The van der Waals surface area contributed by atoms with Crippen molar-refractivity contribution in [2.45, 2.75) is 32.7 Å². The molecule has 1 aliphatic heterocycles. The summed E-state index contributed by atoms with van der Waals surface area (Å²) in [5.74, 6) is 1.52. The van der Waals surface area contributed by atoms with Gasteiger partial charge in [-0.15, -0.1) is 0 Å². The second-order valence-corrected chi connectivity index (χ2v) is 5.99. The monoisotopic (exact) mass is 308 g/mol.